The van der Waals surface area contributed by atoms with Gasteiger partial charge in [0.15, 0.2) is 0 Å². The number of rotatable bonds is 1. The van der Waals surface area contributed by atoms with Crippen molar-refractivity contribution < 1.29 is 0 Å². The lowest BCUT2D eigenvalue weighted by atomic mass is 10.1. The van der Waals surface area contributed by atoms with Gasteiger partial charge in [0.05, 0.1) is 6.20 Å². The third-order valence-corrected chi connectivity index (χ3v) is 2.71. The van der Waals surface area contributed by atoms with Crippen LogP contribution >= 0.6 is 15.9 Å². The minimum Gasteiger partial charge on any atom is -0.271 e. The molecule has 0 atom stereocenters. The van der Waals surface area contributed by atoms with Crippen LogP contribution in [0.1, 0.15) is 25.5 Å². The van der Waals surface area contributed by atoms with E-state index < -0.39 is 0 Å². The highest BCUT2D eigenvalue weighted by atomic mass is 79.9. The summed E-state index contributed by atoms with van der Waals surface area (Å²) >= 11 is 3.38. The lowest BCUT2D eigenvalue weighted by Gasteiger charge is -2.05. The summed E-state index contributed by atoms with van der Waals surface area (Å²) < 4.78 is 2.80. The van der Waals surface area contributed by atoms with Gasteiger partial charge >= 0.3 is 0 Å². The molecule has 0 aliphatic carbocycles. The van der Waals surface area contributed by atoms with E-state index >= 15 is 0 Å². The summed E-state index contributed by atoms with van der Waals surface area (Å²) in [5.41, 5.74) is 2.21. The molecule has 0 spiro atoms. The number of aromatic nitrogens is 3. The SMILES string of the molecule is CC(C)c1c2cc(Br)ncc2nn1C. The van der Waals surface area contributed by atoms with Gasteiger partial charge in [-0.05, 0) is 27.9 Å². The van der Waals surface area contributed by atoms with Crippen LogP contribution in [0.25, 0.3) is 10.9 Å². The maximum Gasteiger partial charge on any atom is 0.111 e. The first-order valence-electron chi connectivity index (χ1n) is 4.57. The normalized spacial score (nSPS) is 11.5. The van der Waals surface area contributed by atoms with Gasteiger partial charge in [-0.15, -0.1) is 0 Å². The van der Waals surface area contributed by atoms with Gasteiger partial charge in [0.25, 0.3) is 0 Å². The molecule has 0 aliphatic heterocycles. The van der Waals surface area contributed by atoms with Crippen LogP contribution in [0, 0.1) is 0 Å². The van der Waals surface area contributed by atoms with E-state index in [2.05, 4.69) is 39.9 Å². The first-order chi connectivity index (χ1) is 6.59. The van der Waals surface area contributed by atoms with Crippen molar-refractivity contribution in [1.29, 1.82) is 0 Å². The van der Waals surface area contributed by atoms with E-state index in [1.165, 1.54) is 11.1 Å². The summed E-state index contributed by atoms with van der Waals surface area (Å²) in [6, 6.07) is 2.03. The Morgan fingerprint density at radius 1 is 1.43 bits per heavy atom. The van der Waals surface area contributed by atoms with Crippen molar-refractivity contribution in [3.05, 3.63) is 22.6 Å². The molecule has 0 fully saturated rings. The molecule has 0 bridgehead atoms. The van der Waals surface area contributed by atoms with Crippen molar-refractivity contribution in [2.75, 3.05) is 0 Å². The molecule has 0 saturated heterocycles. The molecule has 4 heteroatoms. The molecule has 2 heterocycles. The molecule has 0 radical (unpaired) electrons. The molecule has 0 amide bonds. The van der Waals surface area contributed by atoms with Crippen molar-refractivity contribution in [3.63, 3.8) is 0 Å². The third-order valence-electron chi connectivity index (χ3n) is 2.28. The second-order valence-electron chi connectivity index (χ2n) is 3.69. The Balaban J connectivity index is 2.79. The molecule has 0 aliphatic rings. The predicted molar refractivity (Wildman–Crippen MR) is 60.3 cm³/mol. The maximum atomic E-state index is 4.41. The van der Waals surface area contributed by atoms with Gasteiger partial charge < -0.3 is 0 Å². The number of halogens is 1. The molecule has 0 saturated carbocycles. The molecule has 2 aromatic rings. The fourth-order valence-electron chi connectivity index (χ4n) is 1.78. The molecule has 2 rings (SSSR count). The average Bonchev–Trinajstić information content (AvgIpc) is 2.40. The zero-order chi connectivity index (χ0) is 10.3. The summed E-state index contributed by atoms with van der Waals surface area (Å²) in [4.78, 5) is 4.16. The largest absolute Gasteiger partial charge is 0.271 e. The second-order valence-corrected chi connectivity index (χ2v) is 4.50. The lowest BCUT2D eigenvalue weighted by Crippen LogP contribution is -1.99. The van der Waals surface area contributed by atoms with Crippen molar-refractivity contribution in [1.82, 2.24) is 14.8 Å². The zero-order valence-electron chi connectivity index (χ0n) is 8.45. The number of fused-ring (bicyclic) bond motifs is 1. The fraction of sp³-hybridized carbons (Fsp3) is 0.400. The lowest BCUT2D eigenvalue weighted by molar-refractivity contribution is 0.677. The van der Waals surface area contributed by atoms with E-state index in [4.69, 9.17) is 0 Å². The number of aryl methyl sites for hydroxylation is 1. The van der Waals surface area contributed by atoms with Crippen LogP contribution in [0.5, 0.6) is 0 Å². The first-order valence-corrected chi connectivity index (χ1v) is 5.37. The zero-order valence-corrected chi connectivity index (χ0v) is 10.0. The van der Waals surface area contributed by atoms with E-state index in [1.54, 1.807) is 6.20 Å². The summed E-state index contributed by atoms with van der Waals surface area (Å²) in [5, 5.41) is 5.59. The van der Waals surface area contributed by atoms with E-state index in [1.807, 2.05) is 17.8 Å². The van der Waals surface area contributed by atoms with Crippen molar-refractivity contribution >= 4 is 26.8 Å². The standard InChI is InChI=1S/C10H12BrN3/c1-6(2)10-7-4-9(11)12-5-8(7)13-14(10)3/h4-6H,1-3H3. The Morgan fingerprint density at radius 3 is 2.79 bits per heavy atom. The summed E-state index contributed by atoms with van der Waals surface area (Å²) in [7, 11) is 1.98. The van der Waals surface area contributed by atoms with Crippen molar-refractivity contribution in [2.24, 2.45) is 7.05 Å². The maximum absolute atomic E-state index is 4.41. The smallest absolute Gasteiger partial charge is 0.111 e. The molecule has 0 unspecified atom stereocenters. The van der Waals surface area contributed by atoms with Crippen LogP contribution < -0.4 is 0 Å². The second kappa shape index (κ2) is 3.35. The Morgan fingerprint density at radius 2 is 2.14 bits per heavy atom. The van der Waals surface area contributed by atoms with Gasteiger partial charge in [-0.1, -0.05) is 13.8 Å². The Labute approximate surface area is 91.3 Å². The highest BCUT2D eigenvalue weighted by Crippen LogP contribution is 2.25. The molecule has 0 aromatic carbocycles. The number of nitrogens with zero attached hydrogens (tertiary/aromatic N) is 3. The van der Waals surface area contributed by atoms with Crippen LogP contribution in [-0.4, -0.2) is 14.8 Å². The van der Waals surface area contributed by atoms with Gasteiger partial charge in [-0.25, -0.2) is 4.98 Å². The van der Waals surface area contributed by atoms with Gasteiger partial charge in [0, 0.05) is 18.1 Å². The molecular weight excluding hydrogens is 242 g/mol. The minimum absolute atomic E-state index is 0.472. The summed E-state index contributed by atoms with van der Waals surface area (Å²) in [5.74, 6) is 0.472. The van der Waals surface area contributed by atoms with Crippen LogP contribution in [0.3, 0.4) is 0 Å². The minimum atomic E-state index is 0.472. The van der Waals surface area contributed by atoms with E-state index in [0.717, 1.165) is 10.1 Å². The fourth-order valence-corrected chi connectivity index (χ4v) is 2.11. The topological polar surface area (TPSA) is 30.7 Å². The highest BCUT2D eigenvalue weighted by molar-refractivity contribution is 9.10. The Hall–Kier alpha value is -0.900. The number of hydrogen-bond donors (Lipinski definition) is 0. The van der Waals surface area contributed by atoms with Gasteiger partial charge in [-0.3, -0.25) is 4.68 Å². The molecule has 14 heavy (non-hydrogen) atoms. The summed E-state index contributed by atoms with van der Waals surface area (Å²) in [6.07, 6.45) is 1.80. The average molecular weight is 254 g/mol. The van der Waals surface area contributed by atoms with Gasteiger partial charge in [-0.2, -0.15) is 5.10 Å². The summed E-state index contributed by atoms with van der Waals surface area (Å²) in [6.45, 7) is 4.34. The number of pyridine rings is 1. The van der Waals surface area contributed by atoms with Crippen LogP contribution in [0.4, 0.5) is 0 Å². The van der Waals surface area contributed by atoms with E-state index in [9.17, 15) is 0 Å². The highest BCUT2D eigenvalue weighted by Gasteiger charge is 2.12. The third kappa shape index (κ3) is 1.43. The van der Waals surface area contributed by atoms with Gasteiger partial charge in [0.1, 0.15) is 10.1 Å². The molecular formula is C10H12BrN3. The van der Waals surface area contributed by atoms with Crippen LogP contribution in [0.15, 0.2) is 16.9 Å². The van der Waals surface area contributed by atoms with E-state index in [-0.39, 0.29) is 0 Å². The van der Waals surface area contributed by atoms with E-state index in [0.29, 0.717) is 5.92 Å². The van der Waals surface area contributed by atoms with Crippen LogP contribution in [0.2, 0.25) is 0 Å². The molecule has 74 valence electrons. The quantitative estimate of drug-likeness (QED) is 0.732. The molecule has 2 aromatic heterocycles. The predicted octanol–water partition coefficient (Wildman–Crippen LogP) is 2.85. The van der Waals surface area contributed by atoms with Crippen molar-refractivity contribution in [3.8, 4) is 0 Å². The van der Waals surface area contributed by atoms with Crippen LogP contribution in [-0.2, 0) is 7.05 Å². The van der Waals surface area contributed by atoms with Crippen molar-refractivity contribution in [2.45, 2.75) is 19.8 Å². The number of hydrogen-bond acceptors (Lipinski definition) is 2. The molecule has 0 N–H and O–H groups in total. The monoisotopic (exact) mass is 253 g/mol. The first kappa shape index (κ1) is 9.65. The van der Waals surface area contributed by atoms with Gasteiger partial charge in [0.2, 0.25) is 0 Å². The Kier molecular flexibility index (Phi) is 2.31. The molecule has 3 nitrogen and oxygen atoms in total. The Bertz CT molecular complexity index is 473.